The largest absolute Gasteiger partial charge is 0.467 e. The van der Waals surface area contributed by atoms with Crippen molar-refractivity contribution >= 4 is 27.5 Å². The van der Waals surface area contributed by atoms with Crippen molar-refractivity contribution < 1.29 is 17.6 Å². The van der Waals surface area contributed by atoms with Crippen LogP contribution < -0.4 is 5.32 Å². The number of rotatable bonds is 7. The summed E-state index contributed by atoms with van der Waals surface area (Å²) in [6.07, 6.45) is 1.50. The fourth-order valence-corrected chi connectivity index (χ4v) is 3.47. The summed E-state index contributed by atoms with van der Waals surface area (Å²) in [7, 11) is -3.74. The van der Waals surface area contributed by atoms with Crippen LogP contribution in [0.2, 0.25) is 5.02 Å². The van der Waals surface area contributed by atoms with Crippen molar-refractivity contribution in [1.29, 1.82) is 0 Å². The lowest BCUT2D eigenvalue weighted by Gasteiger charge is -2.20. The summed E-state index contributed by atoms with van der Waals surface area (Å²) in [6, 6.07) is 9.27. The number of hydrogen-bond donors (Lipinski definition) is 1. The van der Waals surface area contributed by atoms with E-state index in [1.165, 1.54) is 30.5 Å². The number of amides is 1. The Morgan fingerprint density at radius 2 is 1.96 bits per heavy atom. The summed E-state index contributed by atoms with van der Waals surface area (Å²) in [5.74, 6) is 0.197. The van der Waals surface area contributed by atoms with Gasteiger partial charge in [-0.3, -0.25) is 4.79 Å². The Morgan fingerprint density at radius 1 is 1.26 bits per heavy atom. The fraction of sp³-hybridized carbons (Fsp3) is 0.267. The number of sulfonamides is 1. The minimum Gasteiger partial charge on any atom is -0.467 e. The second kappa shape index (κ2) is 7.63. The molecule has 0 aliphatic rings. The lowest BCUT2D eigenvalue weighted by molar-refractivity contribution is -0.121. The monoisotopic (exact) mass is 356 g/mol. The van der Waals surface area contributed by atoms with E-state index in [1.807, 2.05) is 0 Å². The van der Waals surface area contributed by atoms with Crippen molar-refractivity contribution in [2.75, 3.05) is 13.1 Å². The number of nitrogens with one attached hydrogen (secondary N) is 1. The molecule has 1 N–H and O–H groups in total. The summed E-state index contributed by atoms with van der Waals surface area (Å²) < 4.78 is 31.3. The summed E-state index contributed by atoms with van der Waals surface area (Å²) in [4.78, 5) is 12.1. The van der Waals surface area contributed by atoms with Crippen LogP contribution in [-0.4, -0.2) is 31.7 Å². The molecule has 0 aliphatic heterocycles. The van der Waals surface area contributed by atoms with E-state index in [4.69, 9.17) is 16.0 Å². The van der Waals surface area contributed by atoms with Crippen molar-refractivity contribution in [3.05, 3.63) is 53.4 Å². The maximum atomic E-state index is 12.5. The molecule has 23 heavy (non-hydrogen) atoms. The summed E-state index contributed by atoms with van der Waals surface area (Å²) in [5.41, 5.74) is 0. The Balaban J connectivity index is 2.03. The first-order valence-corrected chi connectivity index (χ1v) is 8.80. The number of benzene rings is 1. The molecule has 124 valence electrons. The number of likely N-dealkylation sites (N-methyl/N-ethyl adjacent to an activating group) is 1. The standard InChI is InChI=1S/C15H17ClN2O4S/c1-2-18(11-15(19)17-10-13-4-3-9-22-13)23(20,21)14-7-5-12(16)6-8-14/h3-9H,2,10-11H2,1H3,(H,17,19). The lowest BCUT2D eigenvalue weighted by atomic mass is 10.4. The van der Waals surface area contributed by atoms with Gasteiger partial charge in [-0.1, -0.05) is 18.5 Å². The summed E-state index contributed by atoms with van der Waals surface area (Å²) in [5, 5.41) is 3.07. The van der Waals surface area contributed by atoms with Gasteiger partial charge in [0.05, 0.1) is 24.2 Å². The van der Waals surface area contributed by atoms with Gasteiger partial charge in [-0.05, 0) is 36.4 Å². The van der Waals surface area contributed by atoms with Crippen LogP contribution in [-0.2, 0) is 21.4 Å². The van der Waals surface area contributed by atoms with Crippen LogP contribution in [0.4, 0.5) is 0 Å². The zero-order valence-electron chi connectivity index (χ0n) is 12.5. The average molecular weight is 357 g/mol. The molecule has 1 heterocycles. The van der Waals surface area contributed by atoms with E-state index in [2.05, 4.69) is 5.32 Å². The molecule has 1 amide bonds. The molecular weight excluding hydrogens is 340 g/mol. The van der Waals surface area contributed by atoms with Crippen LogP contribution in [0, 0.1) is 0 Å². The number of carbonyl (C=O) groups is 1. The molecule has 0 spiro atoms. The minimum absolute atomic E-state index is 0.0996. The normalized spacial score (nSPS) is 11.6. The molecule has 2 aromatic rings. The first-order chi connectivity index (χ1) is 10.9. The molecule has 8 heteroatoms. The van der Waals surface area contributed by atoms with Gasteiger partial charge < -0.3 is 9.73 Å². The topological polar surface area (TPSA) is 79.6 Å². The molecule has 0 aliphatic carbocycles. The maximum absolute atomic E-state index is 12.5. The van der Waals surface area contributed by atoms with Crippen LogP contribution >= 0.6 is 11.6 Å². The third-order valence-electron chi connectivity index (χ3n) is 3.16. The van der Waals surface area contributed by atoms with Crippen molar-refractivity contribution in [2.45, 2.75) is 18.4 Å². The van der Waals surface area contributed by atoms with E-state index in [9.17, 15) is 13.2 Å². The van der Waals surface area contributed by atoms with Gasteiger partial charge >= 0.3 is 0 Å². The Hall–Kier alpha value is -1.83. The molecular formula is C15H17ClN2O4S. The number of halogens is 1. The zero-order chi connectivity index (χ0) is 16.9. The highest BCUT2D eigenvalue weighted by atomic mass is 35.5. The average Bonchev–Trinajstić information content (AvgIpc) is 3.04. The van der Waals surface area contributed by atoms with Crippen molar-refractivity contribution in [2.24, 2.45) is 0 Å². The highest BCUT2D eigenvalue weighted by Gasteiger charge is 2.25. The van der Waals surface area contributed by atoms with Crippen LogP contribution in [0.1, 0.15) is 12.7 Å². The molecule has 0 radical (unpaired) electrons. The second-order valence-corrected chi connectivity index (χ2v) is 7.12. The van der Waals surface area contributed by atoms with Crippen LogP contribution in [0.3, 0.4) is 0 Å². The van der Waals surface area contributed by atoms with Crippen molar-refractivity contribution in [3.63, 3.8) is 0 Å². The van der Waals surface area contributed by atoms with Gasteiger partial charge in [0.1, 0.15) is 5.76 Å². The molecule has 6 nitrogen and oxygen atoms in total. The smallest absolute Gasteiger partial charge is 0.243 e. The first-order valence-electron chi connectivity index (χ1n) is 6.98. The Labute approximate surface area is 140 Å². The molecule has 0 unspecified atom stereocenters. The molecule has 0 bridgehead atoms. The van der Waals surface area contributed by atoms with Gasteiger partial charge in [0.15, 0.2) is 0 Å². The Kier molecular flexibility index (Phi) is 5.81. The molecule has 0 fully saturated rings. The number of furan rings is 1. The lowest BCUT2D eigenvalue weighted by Crippen LogP contribution is -2.40. The molecule has 1 aromatic carbocycles. The molecule has 0 saturated heterocycles. The van der Waals surface area contributed by atoms with Gasteiger partial charge in [0.25, 0.3) is 0 Å². The number of carbonyl (C=O) groups excluding carboxylic acids is 1. The van der Waals surface area contributed by atoms with E-state index in [1.54, 1.807) is 19.1 Å². The van der Waals surface area contributed by atoms with E-state index >= 15 is 0 Å². The van der Waals surface area contributed by atoms with Gasteiger partial charge in [0.2, 0.25) is 15.9 Å². The SMILES string of the molecule is CCN(CC(=O)NCc1ccco1)S(=O)(=O)c1ccc(Cl)cc1. The van der Waals surface area contributed by atoms with Crippen molar-refractivity contribution in [3.8, 4) is 0 Å². The van der Waals surface area contributed by atoms with E-state index in [0.29, 0.717) is 10.8 Å². The van der Waals surface area contributed by atoms with Crippen LogP contribution in [0.25, 0.3) is 0 Å². The van der Waals surface area contributed by atoms with E-state index in [-0.39, 0.29) is 24.5 Å². The molecule has 0 saturated carbocycles. The maximum Gasteiger partial charge on any atom is 0.243 e. The second-order valence-electron chi connectivity index (χ2n) is 4.74. The summed E-state index contributed by atoms with van der Waals surface area (Å²) in [6.45, 7) is 1.80. The predicted molar refractivity (Wildman–Crippen MR) is 86.4 cm³/mol. The third-order valence-corrected chi connectivity index (χ3v) is 5.35. The number of hydrogen-bond acceptors (Lipinski definition) is 4. The quantitative estimate of drug-likeness (QED) is 0.825. The van der Waals surface area contributed by atoms with E-state index in [0.717, 1.165) is 4.31 Å². The highest BCUT2D eigenvalue weighted by molar-refractivity contribution is 7.89. The minimum atomic E-state index is -3.74. The van der Waals surface area contributed by atoms with Crippen LogP contribution in [0.15, 0.2) is 52.0 Å². The Bertz CT molecular complexity index is 742. The molecule has 1 aromatic heterocycles. The van der Waals surface area contributed by atoms with Gasteiger partial charge in [0, 0.05) is 11.6 Å². The highest BCUT2D eigenvalue weighted by Crippen LogP contribution is 2.18. The molecule has 2 rings (SSSR count). The summed E-state index contributed by atoms with van der Waals surface area (Å²) >= 11 is 5.77. The van der Waals surface area contributed by atoms with Crippen LogP contribution in [0.5, 0.6) is 0 Å². The van der Waals surface area contributed by atoms with Gasteiger partial charge in [-0.15, -0.1) is 0 Å². The fourth-order valence-electron chi connectivity index (χ4n) is 1.94. The predicted octanol–water partition coefficient (Wildman–Crippen LogP) is 2.26. The van der Waals surface area contributed by atoms with Crippen molar-refractivity contribution in [1.82, 2.24) is 9.62 Å². The zero-order valence-corrected chi connectivity index (χ0v) is 14.1. The van der Waals surface area contributed by atoms with E-state index < -0.39 is 15.9 Å². The first kappa shape index (κ1) is 17.5. The van der Waals surface area contributed by atoms with Gasteiger partial charge in [-0.2, -0.15) is 4.31 Å². The number of nitrogens with zero attached hydrogens (tertiary/aromatic N) is 1. The molecule has 0 atom stereocenters. The van der Waals surface area contributed by atoms with Gasteiger partial charge in [-0.25, -0.2) is 8.42 Å². The third kappa shape index (κ3) is 4.57. The Morgan fingerprint density at radius 3 is 2.52 bits per heavy atom.